The molecule has 1 aromatic carbocycles. The Hall–Kier alpha value is -1.34. The summed E-state index contributed by atoms with van der Waals surface area (Å²) in [5.74, 6) is 0.368. The van der Waals surface area contributed by atoms with Crippen molar-refractivity contribution in [2.75, 3.05) is 6.61 Å². The summed E-state index contributed by atoms with van der Waals surface area (Å²) in [5, 5.41) is 0. The second-order valence-corrected chi connectivity index (χ2v) is 7.93. The van der Waals surface area contributed by atoms with Crippen molar-refractivity contribution >= 4 is 62.0 Å². The summed E-state index contributed by atoms with van der Waals surface area (Å²) in [4.78, 5) is 17.1. The molecule has 0 spiro atoms. The van der Waals surface area contributed by atoms with Crippen molar-refractivity contribution in [1.82, 2.24) is 4.57 Å². The van der Waals surface area contributed by atoms with Crippen molar-refractivity contribution < 1.29 is 9.53 Å². The van der Waals surface area contributed by atoms with Crippen LogP contribution in [-0.2, 0) is 7.05 Å². The first kappa shape index (κ1) is 16.5. The van der Waals surface area contributed by atoms with Crippen LogP contribution in [0.25, 0.3) is 10.2 Å². The van der Waals surface area contributed by atoms with Crippen LogP contribution in [0.3, 0.4) is 0 Å². The molecule has 0 aliphatic rings. The number of hydrogen-bond acceptors (Lipinski definition) is 4. The number of aromatic nitrogens is 1. The second-order valence-electron chi connectivity index (χ2n) is 4.63. The van der Waals surface area contributed by atoms with Gasteiger partial charge in [0, 0.05) is 7.05 Å². The smallest absolute Gasteiger partial charge is 0.282 e. The standard InChI is InChI=1S/C15H12Cl2N2O2S2/c1-3-21-9-5-4-6-10-12(9)19(2)15(22-10)18-14(20)8-7-11(16)23-13(8)17/h4-7H,3H2,1-2H3. The Morgan fingerprint density at radius 2 is 2.13 bits per heavy atom. The van der Waals surface area contributed by atoms with Gasteiger partial charge in [-0.25, -0.2) is 0 Å². The molecule has 0 fully saturated rings. The van der Waals surface area contributed by atoms with Gasteiger partial charge in [0.25, 0.3) is 5.91 Å². The van der Waals surface area contributed by atoms with Gasteiger partial charge in [0.1, 0.15) is 15.6 Å². The Morgan fingerprint density at radius 3 is 2.78 bits per heavy atom. The van der Waals surface area contributed by atoms with Crippen molar-refractivity contribution in [2.24, 2.45) is 12.0 Å². The van der Waals surface area contributed by atoms with E-state index in [1.165, 1.54) is 11.3 Å². The van der Waals surface area contributed by atoms with Crippen molar-refractivity contribution in [1.29, 1.82) is 0 Å². The topological polar surface area (TPSA) is 43.6 Å². The van der Waals surface area contributed by atoms with Crippen LogP contribution in [0.5, 0.6) is 5.75 Å². The van der Waals surface area contributed by atoms with Crippen molar-refractivity contribution in [3.05, 3.63) is 43.3 Å². The number of hydrogen-bond donors (Lipinski definition) is 0. The summed E-state index contributed by atoms with van der Waals surface area (Å²) in [7, 11) is 1.86. The number of benzene rings is 1. The summed E-state index contributed by atoms with van der Waals surface area (Å²) >= 11 is 14.5. The van der Waals surface area contributed by atoms with Crippen LogP contribution in [0.4, 0.5) is 0 Å². The van der Waals surface area contributed by atoms with Crippen molar-refractivity contribution in [3.8, 4) is 5.75 Å². The highest BCUT2D eigenvalue weighted by molar-refractivity contribution is 7.20. The van der Waals surface area contributed by atoms with E-state index in [-0.39, 0.29) is 0 Å². The number of thiophene rings is 1. The van der Waals surface area contributed by atoms with E-state index in [0.717, 1.165) is 27.3 Å². The van der Waals surface area contributed by atoms with Gasteiger partial charge in [0.2, 0.25) is 0 Å². The molecule has 120 valence electrons. The Bertz CT molecular complexity index is 956. The fourth-order valence-electron chi connectivity index (χ4n) is 2.18. The highest BCUT2D eigenvalue weighted by atomic mass is 35.5. The molecule has 0 atom stereocenters. The van der Waals surface area contributed by atoms with Gasteiger partial charge in [-0.3, -0.25) is 4.79 Å². The first-order valence-corrected chi connectivity index (χ1v) is 9.15. The second kappa shape index (κ2) is 6.65. The Kier molecular flexibility index (Phi) is 4.77. The number of para-hydroxylation sites is 1. The van der Waals surface area contributed by atoms with E-state index >= 15 is 0 Å². The fraction of sp³-hybridized carbons (Fsp3) is 0.200. The largest absolute Gasteiger partial charge is 0.492 e. The number of amides is 1. The lowest BCUT2D eigenvalue weighted by Gasteiger charge is -2.05. The minimum Gasteiger partial charge on any atom is -0.492 e. The Labute approximate surface area is 150 Å². The predicted octanol–water partition coefficient (Wildman–Crippen LogP) is 4.75. The van der Waals surface area contributed by atoms with Gasteiger partial charge in [0.05, 0.1) is 21.2 Å². The Morgan fingerprint density at radius 1 is 1.35 bits per heavy atom. The molecule has 2 aromatic heterocycles. The zero-order valence-corrected chi connectivity index (χ0v) is 15.4. The van der Waals surface area contributed by atoms with Crippen LogP contribution in [0, 0.1) is 0 Å². The monoisotopic (exact) mass is 386 g/mol. The predicted molar refractivity (Wildman–Crippen MR) is 96.2 cm³/mol. The summed E-state index contributed by atoms with van der Waals surface area (Å²) in [6.07, 6.45) is 0. The van der Waals surface area contributed by atoms with E-state index in [1.54, 1.807) is 6.07 Å². The van der Waals surface area contributed by atoms with E-state index in [0.29, 0.717) is 25.6 Å². The molecular weight excluding hydrogens is 375 g/mol. The molecule has 23 heavy (non-hydrogen) atoms. The molecule has 0 bridgehead atoms. The maximum Gasteiger partial charge on any atom is 0.282 e. The SMILES string of the molecule is CCOc1cccc2sc(=NC(=O)c3cc(Cl)sc3Cl)n(C)c12. The fourth-order valence-corrected chi connectivity index (χ4v) is 4.66. The number of thiazole rings is 1. The van der Waals surface area contributed by atoms with Gasteiger partial charge in [-0.2, -0.15) is 4.99 Å². The van der Waals surface area contributed by atoms with Crippen molar-refractivity contribution in [2.45, 2.75) is 6.92 Å². The van der Waals surface area contributed by atoms with Crippen LogP contribution in [0.1, 0.15) is 17.3 Å². The molecular formula is C15H12Cl2N2O2S2. The molecule has 1 amide bonds. The third-order valence-corrected chi connectivity index (χ3v) is 5.75. The number of halogens is 2. The van der Waals surface area contributed by atoms with E-state index in [4.69, 9.17) is 27.9 Å². The Balaban J connectivity index is 2.13. The summed E-state index contributed by atoms with van der Waals surface area (Å²) in [5.41, 5.74) is 1.24. The number of nitrogens with zero attached hydrogens (tertiary/aromatic N) is 2. The number of aryl methyl sites for hydroxylation is 1. The number of rotatable bonds is 3. The van der Waals surface area contributed by atoms with E-state index in [1.807, 2.05) is 36.7 Å². The first-order valence-electron chi connectivity index (χ1n) is 6.76. The number of fused-ring (bicyclic) bond motifs is 1. The van der Waals surface area contributed by atoms with E-state index in [2.05, 4.69) is 4.99 Å². The van der Waals surface area contributed by atoms with Crippen molar-refractivity contribution in [3.63, 3.8) is 0 Å². The van der Waals surface area contributed by atoms with Crippen LogP contribution in [0.15, 0.2) is 29.3 Å². The molecule has 2 heterocycles. The molecule has 4 nitrogen and oxygen atoms in total. The minimum atomic E-state index is -0.404. The molecule has 3 aromatic rings. The molecule has 8 heteroatoms. The van der Waals surface area contributed by atoms with Crippen LogP contribution >= 0.6 is 45.9 Å². The lowest BCUT2D eigenvalue weighted by atomic mass is 10.3. The lowest BCUT2D eigenvalue weighted by molar-refractivity contribution is 0.0998. The average molecular weight is 387 g/mol. The van der Waals surface area contributed by atoms with E-state index in [9.17, 15) is 4.79 Å². The molecule has 0 saturated heterocycles. The first-order chi connectivity index (χ1) is 11.0. The molecule has 3 rings (SSSR count). The zero-order chi connectivity index (χ0) is 16.6. The molecule has 0 aliphatic heterocycles. The normalized spacial score (nSPS) is 12.1. The highest BCUT2D eigenvalue weighted by Gasteiger charge is 2.15. The van der Waals surface area contributed by atoms with Gasteiger partial charge in [-0.1, -0.05) is 40.6 Å². The molecule has 0 saturated carbocycles. The summed E-state index contributed by atoms with van der Waals surface area (Å²) in [6.45, 7) is 2.51. The zero-order valence-electron chi connectivity index (χ0n) is 12.3. The maximum absolute atomic E-state index is 12.3. The van der Waals surface area contributed by atoms with Gasteiger partial charge in [-0.15, -0.1) is 11.3 Å². The summed E-state index contributed by atoms with van der Waals surface area (Å²) in [6, 6.07) is 7.34. The summed E-state index contributed by atoms with van der Waals surface area (Å²) < 4.78 is 9.31. The highest BCUT2D eigenvalue weighted by Crippen LogP contribution is 2.32. The van der Waals surface area contributed by atoms with Gasteiger partial charge in [0.15, 0.2) is 4.80 Å². The minimum absolute atomic E-state index is 0.323. The molecule has 0 radical (unpaired) electrons. The number of carbonyl (C=O) groups is 1. The van der Waals surface area contributed by atoms with Gasteiger partial charge < -0.3 is 9.30 Å². The molecule has 0 N–H and O–H groups in total. The molecule has 0 unspecified atom stereocenters. The van der Waals surface area contributed by atoms with Gasteiger partial charge in [-0.05, 0) is 25.1 Å². The van der Waals surface area contributed by atoms with E-state index < -0.39 is 5.91 Å². The number of ether oxygens (including phenoxy) is 1. The lowest BCUT2D eigenvalue weighted by Crippen LogP contribution is -2.13. The van der Waals surface area contributed by atoms with Crippen LogP contribution in [0.2, 0.25) is 8.67 Å². The quantitative estimate of drug-likeness (QED) is 0.651. The van der Waals surface area contributed by atoms with Crippen LogP contribution in [-0.4, -0.2) is 17.1 Å². The average Bonchev–Trinajstić information content (AvgIpc) is 3.00. The van der Waals surface area contributed by atoms with Crippen LogP contribution < -0.4 is 9.54 Å². The number of carbonyl (C=O) groups excluding carboxylic acids is 1. The maximum atomic E-state index is 12.3. The van der Waals surface area contributed by atoms with Gasteiger partial charge >= 0.3 is 0 Å². The third kappa shape index (κ3) is 3.17. The molecule has 0 aliphatic carbocycles. The third-order valence-electron chi connectivity index (χ3n) is 3.17.